The zero-order valence-corrected chi connectivity index (χ0v) is 13.5. The van der Waals surface area contributed by atoms with E-state index in [0.717, 1.165) is 5.56 Å². The van der Waals surface area contributed by atoms with Crippen molar-refractivity contribution in [3.63, 3.8) is 0 Å². The number of hydrogen-bond donors (Lipinski definition) is 1. The second-order valence-corrected chi connectivity index (χ2v) is 5.92. The first kappa shape index (κ1) is 15.2. The number of nitrogens with zero attached hydrogens (tertiary/aromatic N) is 2. The minimum absolute atomic E-state index is 0.277. The Morgan fingerprint density at radius 3 is 3.00 bits per heavy atom. The van der Waals surface area contributed by atoms with Crippen LogP contribution in [0.5, 0.6) is 0 Å². The number of pyridine rings is 1. The van der Waals surface area contributed by atoms with E-state index in [1.54, 1.807) is 23.6 Å². The summed E-state index contributed by atoms with van der Waals surface area (Å²) < 4.78 is 6.71. The fourth-order valence-corrected chi connectivity index (χ4v) is 3.18. The van der Waals surface area contributed by atoms with E-state index in [9.17, 15) is 9.59 Å². The van der Waals surface area contributed by atoms with Crippen molar-refractivity contribution in [3.8, 4) is 0 Å². The summed E-state index contributed by atoms with van der Waals surface area (Å²) in [7, 11) is 0. The monoisotopic (exact) mass is 329 g/mol. The first-order chi connectivity index (χ1) is 11.1. The average molecular weight is 329 g/mol. The van der Waals surface area contributed by atoms with Gasteiger partial charge in [-0.05, 0) is 37.6 Å². The largest absolute Gasteiger partial charge is 0.462 e. The molecule has 1 N–H and O–H groups in total. The summed E-state index contributed by atoms with van der Waals surface area (Å²) in [5, 5.41) is 3.40. The number of ether oxygens (including phenoxy) is 1. The van der Waals surface area contributed by atoms with Gasteiger partial charge in [0.2, 0.25) is 0 Å². The van der Waals surface area contributed by atoms with Crippen molar-refractivity contribution >= 4 is 33.9 Å². The quantitative estimate of drug-likeness (QED) is 0.746. The summed E-state index contributed by atoms with van der Waals surface area (Å²) in [6.45, 7) is 3.89. The maximum atomic E-state index is 12.4. The predicted molar refractivity (Wildman–Crippen MR) is 88.2 cm³/mol. The lowest BCUT2D eigenvalue weighted by molar-refractivity contribution is 0.0531. The van der Waals surface area contributed by atoms with Crippen molar-refractivity contribution in [1.29, 1.82) is 0 Å². The number of hydrogen-bond acceptors (Lipinski definition) is 5. The summed E-state index contributed by atoms with van der Waals surface area (Å²) in [4.78, 5) is 28.9. The highest BCUT2D eigenvalue weighted by molar-refractivity contribution is 7.18. The van der Waals surface area contributed by atoms with Crippen molar-refractivity contribution in [2.24, 2.45) is 0 Å². The van der Waals surface area contributed by atoms with Crippen LogP contribution in [0, 0.1) is 6.92 Å². The van der Waals surface area contributed by atoms with Gasteiger partial charge < -0.3 is 10.1 Å². The van der Waals surface area contributed by atoms with Gasteiger partial charge in [0.15, 0.2) is 0 Å². The summed E-state index contributed by atoms with van der Waals surface area (Å²) in [5.41, 5.74) is 1.92. The predicted octanol–water partition coefficient (Wildman–Crippen LogP) is 3.13. The molecule has 7 heteroatoms. The maximum absolute atomic E-state index is 12.4. The van der Waals surface area contributed by atoms with Gasteiger partial charge in [0.05, 0.1) is 17.8 Å². The van der Waals surface area contributed by atoms with Gasteiger partial charge >= 0.3 is 5.97 Å². The minimum atomic E-state index is -0.370. The molecule has 3 heterocycles. The summed E-state index contributed by atoms with van der Waals surface area (Å²) in [6.07, 6.45) is 3.30. The Bertz CT molecular complexity index is 882. The Balaban J connectivity index is 1.83. The SMILES string of the molecule is CCOC(=O)c1sc(NC(=O)c2cnc3ccccn23)cc1C. The molecule has 0 saturated heterocycles. The third-order valence-corrected chi connectivity index (χ3v) is 4.40. The van der Waals surface area contributed by atoms with Gasteiger partial charge in [0.25, 0.3) is 5.91 Å². The van der Waals surface area contributed by atoms with E-state index < -0.39 is 0 Å². The van der Waals surface area contributed by atoms with Gasteiger partial charge in [-0.15, -0.1) is 11.3 Å². The fraction of sp³-hybridized carbons (Fsp3) is 0.188. The van der Waals surface area contributed by atoms with Crippen LogP contribution >= 0.6 is 11.3 Å². The van der Waals surface area contributed by atoms with Crippen LogP contribution in [-0.2, 0) is 4.74 Å². The van der Waals surface area contributed by atoms with Crippen molar-refractivity contribution in [1.82, 2.24) is 9.38 Å². The molecule has 0 unspecified atom stereocenters. The van der Waals surface area contributed by atoms with Crippen LogP contribution in [0.25, 0.3) is 5.65 Å². The molecule has 0 radical (unpaired) electrons. The van der Waals surface area contributed by atoms with E-state index in [1.165, 1.54) is 17.5 Å². The maximum Gasteiger partial charge on any atom is 0.348 e. The van der Waals surface area contributed by atoms with Crippen LogP contribution in [0.3, 0.4) is 0 Å². The Morgan fingerprint density at radius 1 is 1.39 bits per heavy atom. The molecule has 0 aliphatic heterocycles. The molecule has 3 rings (SSSR count). The van der Waals surface area contributed by atoms with Crippen LogP contribution < -0.4 is 5.32 Å². The average Bonchev–Trinajstić information content (AvgIpc) is 3.11. The van der Waals surface area contributed by atoms with Crippen molar-refractivity contribution < 1.29 is 14.3 Å². The molecule has 118 valence electrons. The number of anilines is 1. The number of rotatable bonds is 4. The minimum Gasteiger partial charge on any atom is -0.462 e. The Hall–Kier alpha value is -2.67. The summed E-state index contributed by atoms with van der Waals surface area (Å²) >= 11 is 1.20. The van der Waals surface area contributed by atoms with Gasteiger partial charge in [-0.2, -0.15) is 0 Å². The van der Waals surface area contributed by atoms with Crippen LogP contribution in [-0.4, -0.2) is 27.9 Å². The van der Waals surface area contributed by atoms with Crippen molar-refractivity contribution in [2.75, 3.05) is 11.9 Å². The highest BCUT2D eigenvalue weighted by atomic mass is 32.1. The number of amides is 1. The number of fused-ring (bicyclic) bond motifs is 1. The molecule has 6 nitrogen and oxygen atoms in total. The number of imidazole rings is 1. The topological polar surface area (TPSA) is 72.7 Å². The molecule has 0 saturated carbocycles. The zero-order chi connectivity index (χ0) is 16.4. The third-order valence-electron chi connectivity index (χ3n) is 3.26. The number of carbonyl (C=O) groups is 2. The highest BCUT2D eigenvalue weighted by Gasteiger charge is 2.17. The zero-order valence-electron chi connectivity index (χ0n) is 12.7. The first-order valence-electron chi connectivity index (χ1n) is 7.11. The summed E-state index contributed by atoms with van der Waals surface area (Å²) in [6, 6.07) is 7.28. The molecule has 23 heavy (non-hydrogen) atoms. The molecule has 3 aromatic rings. The van der Waals surface area contributed by atoms with Crippen LogP contribution in [0.4, 0.5) is 5.00 Å². The molecule has 0 aromatic carbocycles. The molecule has 0 atom stereocenters. The number of esters is 1. The Kier molecular flexibility index (Phi) is 4.12. The van der Waals surface area contributed by atoms with Crippen LogP contribution in [0.2, 0.25) is 0 Å². The van der Waals surface area contributed by atoms with Gasteiger partial charge in [-0.3, -0.25) is 9.20 Å². The number of aryl methyl sites for hydroxylation is 1. The number of thiophene rings is 1. The van der Waals surface area contributed by atoms with Crippen LogP contribution in [0.15, 0.2) is 36.7 Å². The lowest BCUT2D eigenvalue weighted by Crippen LogP contribution is -2.13. The van der Waals surface area contributed by atoms with Gasteiger partial charge in [-0.1, -0.05) is 6.07 Å². The van der Waals surface area contributed by atoms with E-state index in [4.69, 9.17) is 4.74 Å². The Labute approximate surface area is 136 Å². The van der Waals surface area contributed by atoms with E-state index in [1.807, 2.05) is 25.1 Å². The Morgan fingerprint density at radius 2 is 2.22 bits per heavy atom. The molecule has 0 bridgehead atoms. The standard InChI is InChI=1S/C16H15N3O3S/c1-3-22-16(21)14-10(2)8-13(23-14)18-15(20)11-9-17-12-6-4-5-7-19(11)12/h4-9H,3H2,1-2H3,(H,18,20). The van der Waals surface area contributed by atoms with Crippen molar-refractivity contribution in [2.45, 2.75) is 13.8 Å². The number of nitrogens with one attached hydrogen (secondary N) is 1. The molecule has 1 amide bonds. The molecule has 3 aromatic heterocycles. The summed E-state index contributed by atoms with van der Waals surface area (Å²) in [5.74, 6) is -0.648. The molecule has 0 aliphatic carbocycles. The van der Waals surface area contributed by atoms with Crippen molar-refractivity contribution in [3.05, 3.63) is 52.8 Å². The smallest absolute Gasteiger partial charge is 0.348 e. The van der Waals surface area contributed by atoms with Crippen LogP contribution in [0.1, 0.15) is 32.6 Å². The first-order valence-corrected chi connectivity index (χ1v) is 7.92. The van der Waals surface area contributed by atoms with E-state index in [0.29, 0.717) is 27.8 Å². The molecule has 0 fully saturated rings. The van der Waals surface area contributed by atoms with Gasteiger partial charge in [0, 0.05) is 6.20 Å². The number of carbonyl (C=O) groups excluding carboxylic acids is 2. The third kappa shape index (κ3) is 2.95. The van der Waals surface area contributed by atoms with Gasteiger partial charge in [-0.25, -0.2) is 9.78 Å². The lowest BCUT2D eigenvalue weighted by atomic mass is 10.3. The number of aromatic nitrogens is 2. The second kappa shape index (κ2) is 6.21. The van der Waals surface area contributed by atoms with E-state index in [-0.39, 0.29) is 11.9 Å². The van der Waals surface area contributed by atoms with E-state index >= 15 is 0 Å². The molecule has 0 aliphatic rings. The normalized spacial score (nSPS) is 10.7. The van der Waals surface area contributed by atoms with Gasteiger partial charge in [0.1, 0.15) is 16.2 Å². The lowest BCUT2D eigenvalue weighted by Gasteiger charge is -2.02. The second-order valence-electron chi connectivity index (χ2n) is 4.87. The molecular formula is C16H15N3O3S. The molecule has 0 spiro atoms. The highest BCUT2D eigenvalue weighted by Crippen LogP contribution is 2.27. The fourth-order valence-electron chi connectivity index (χ4n) is 2.22. The molecular weight excluding hydrogens is 314 g/mol. The van der Waals surface area contributed by atoms with E-state index in [2.05, 4.69) is 10.3 Å².